The number of rotatable bonds is 5. The summed E-state index contributed by atoms with van der Waals surface area (Å²) in [5.74, 6) is 0. The van der Waals surface area contributed by atoms with E-state index in [1.165, 1.54) is 49.0 Å². The van der Waals surface area contributed by atoms with Crippen LogP contribution in [0.15, 0.2) is 115 Å². The van der Waals surface area contributed by atoms with Crippen molar-refractivity contribution in [3.05, 3.63) is 115 Å². The monoisotopic (exact) mass is 512 g/mol. The third-order valence-electron chi connectivity index (χ3n) is 8.06. The van der Waals surface area contributed by atoms with Crippen molar-refractivity contribution >= 4 is 44.8 Å². The molecule has 0 aromatic heterocycles. The molecule has 6 rings (SSSR count). The molecule has 0 saturated carbocycles. The molecule has 0 N–H and O–H groups in total. The Morgan fingerprint density at radius 1 is 0.474 bits per heavy atom. The van der Waals surface area contributed by atoms with Crippen molar-refractivity contribution in [1.29, 1.82) is 0 Å². The van der Waals surface area contributed by atoms with Crippen LogP contribution in [0.4, 0.5) is 0 Å². The van der Waals surface area contributed by atoms with Gasteiger partial charge in [0.05, 0.1) is 0 Å². The third kappa shape index (κ3) is 3.89. The molecule has 0 unspecified atom stereocenters. The SMILES string of the molecule is CC(C)P(=O)(c1ccc(-c2c3ccccc3c(-c3ccc4ccccc4c3)c3ccccc23)cc1)C(C)C. The van der Waals surface area contributed by atoms with Gasteiger partial charge in [0.15, 0.2) is 0 Å². The fraction of sp³-hybridized carbons (Fsp3) is 0.167. The topological polar surface area (TPSA) is 17.1 Å². The number of fused-ring (bicyclic) bond motifs is 3. The van der Waals surface area contributed by atoms with Crippen molar-refractivity contribution in [3.63, 3.8) is 0 Å². The van der Waals surface area contributed by atoms with Gasteiger partial charge in [-0.3, -0.25) is 0 Å². The van der Waals surface area contributed by atoms with E-state index >= 15 is 0 Å². The van der Waals surface area contributed by atoms with Crippen molar-refractivity contribution in [3.8, 4) is 22.3 Å². The normalized spacial score (nSPS) is 12.3. The maximum Gasteiger partial charge on any atom is 0.120 e. The van der Waals surface area contributed by atoms with Gasteiger partial charge in [0.1, 0.15) is 7.14 Å². The van der Waals surface area contributed by atoms with E-state index in [-0.39, 0.29) is 11.3 Å². The minimum atomic E-state index is -2.49. The smallest absolute Gasteiger partial charge is 0.120 e. The second-order valence-corrected chi connectivity index (χ2v) is 14.8. The zero-order chi connectivity index (χ0) is 26.4. The van der Waals surface area contributed by atoms with Gasteiger partial charge in [-0.25, -0.2) is 0 Å². The van der Waals surface area contributed by atoms with Crippen LogP contribution in [0, 0.1) is 0 Å². The zero-order valence-corrected chi connectivity index (χ0v) is 23.4. The molecular formula is C36H33OP. The van der Waals surface area contributed by atoms with Crippen molar-refractivity contribution in [1.82, 2.24) is 0 Å². The number of hydrogen-bond acceptors (Lipinski definition) is 1. The lowest BCUT2D eigenvalue weighted by Gasteiger charge is -2.26. The van der Waals surface area contributed by atoms with Gasteiger partial charge in [0, 0.05) is 16.6 Å². The maximum atomic E-state index is 14.0. The van der Waals surface area contributed by atoms with Gasteiger partial charge >= 0.3 is 0 Å². The molecule has 0 aliphatic rings. The van der Waals surface area contributed by atoms with Crippen LogP contribution in [-0.2, 0) is 4.57 Å². The van der Waals surface area contributed by atoms with E-state index in [0.717, 1.165) is 10.9 Å². The Hall–Kier alpha value is -3.67. The van der Waals surface area contributed by atoms with Gasteiger partial charge in [0.25, 0.3) is 0 Å². The van der Waals surface area contributed by atoms with Crippen LogP contribution >= 0.6 is 7.14 Å². The first-order chi connectivity index (χ1) is 18.4. The third-order valence-corrected chi connectivity index (χ3v) is 12.2. The molecule has 0 heterocycles. The van der Waals surface area contributed by atoms with E-state index in [1.807, 2.05) is 0 Å². The van der Waals surface area contributed by atoms with E-state index in [1.54, 1.807) is 0 Å². The van der Waals surface area contributed by atoms with E-state index in [2.05, 4.69) is 143 Å². The van der Waals surface area contributed by atoms with Gasteiger partial charge in [0.2, 0.25) is 0 Å². The Labute approximate surface area is 225 Å². The van der Waals surface area contributed by atoms with Crippen LogP contribution in [0.25, 0.3) is 54.6 Å². The maximum absolute atomic E-state index is 14.0. The lowest BCUT2D eigenvalue weighted by atomic mass is 9.85. The molecule has 0 fully saturated rings. The van der Waals surface area contributed by atoms with Crippen molar-refractivity contribution < 1.29 is 4.57 Å². The standard InChI is InChI=1S/C36H33OP/c1-24(2)38(37,25(3)4)30-21-19-27(20-22-30)35-31-13-7-9-15-33(31)36(34-16-10-8-14-32(34)35)29-18-17-26-11-5-6-12-28(26)23-29/h5-25H,1-4H3. The summed E-state index contributed by atoms with van der Waals surface area (Å²) in [6, 6.07) is 41.4. The highest BCUT2D eigenvalue weighted by molar-refractivity contribution is 7.72. The molecule has 1 nitrogen and oxygen atoms in total. The van der Waals surface area contributed by atoms with Crippen LogP contribution in [0.3, 0.4) is 0 Å². The first kappa shape index (κ1) is 24.7. The fourth-order valence-electron chi connectivity index (χ4n) is 6.15. The first-order valence-electron chi connectivity index (χ1n) is 13.5. The Morgan fingerprint density at radius 3 is 1.39 bits per heavy atom. The summed E-state index contributed by atoms with van der Waals surface area (Å²) in [4.78, 5) is 0. The minimum absolute atomic E-state index is 0.122. The predicted molar refractivity (Wildman–Crippen MR) is 167 cm³/mol. The average molecular weight is 513 g/mol. The van der Waals surface area contributed by atoms with Gasteiger partial charge in [-0.05, 0) is 60.6 Å². The fourth-order valence-corrected chi connectivity index (χ4v) is 9.15. The zero-order valence-electron chi connectivity index (χ0n) is 22.5. The van der Waals surface area contributed by atoms with E-state index < -0.39 is 7.14 Å². The molecule has 2 heteroatoms. The molecule has 188 valence electrons. The lowest BCUT2D eigenvalue weighted by molar-refractivity contribution is 0.569. The Morgan fingerprint density at radius 2 is 0.895 bits per heavy atom. The van der Waals surface area contributed by atoms with Gasteiger partial charge in [-0.2, -0.15) is 0 Å². The average Bonchev–Trinajstić information content (AvgIpc) is 2.95. The summed E-state index contributed by atoms with van der Waals surface area (Å²) in [5, 5.41) is 8.44. The number of hydrogen-bond donors (Lipinski definition) is 0. The molecule has 0 saturated heterocycles. The van der Waals surface area contributed by atoms with Crippen molar-refractivity contribution in [2.75, 3.05) is 0 Å². The molecule has 6 aromatic carbocycles. The molecular weight excluding hydrogens is 479 g/mol. The highest BCUT2D eigenvalue weighted by Crippen LogP contribution is 2.54. The second kappa shape index (κ2) is 9.57. The van der Waals surface area contributed by atoms with E-state index in [9.17, 15) is 4.57 Å². The molecule has 38 heavy (non-hydrogen) atoms. The van der Waals surface area contributed by atoms with Gasteiger partial charge in [-0.15, -0.1) is 0 Å². The molecule has 0 aliphatic carbocycles. The largest absolute Gasteiger partial charge is 0.318 e. The molecule has 0 spiro atoms. The number of benzene rings is 6. The van der Waals surface area contributed by atoms with Crippen molar-refractivity contribution in [2.24, 2.45) is 0 Å². The summed E-state index contributed by atoms with van der Waals surface area (Å²) in [6.45, 7) is 8.34. The molecule has 6 aromatic rings. The quantitative estimate of drug-likeness (QED) is 0.166. The second-order valence-electron chi connectivity index (χ2n) is 10.8. The molecule has 0 radical (unpaired) electrons. The predicted octanol–water partition coefficient (Wildman–Crippen LogP) is 10.3. The van der Waals surface area contributed by atoms with E-state index in [0.29, 0.717) is 0 Å². The van der Waals surface area contributed by atoms with Crippen LogP contribution in [-0.4, -0.2) is 11.3 Å². The highest BCUT2D eigenvalue weighted by atomic mass is 31.2. The van der Waals surface area contributed by atoms with Gasteiger partial charge < -0.3 is 4.57 Å². The molecule has 0 aliphatic heterocycles. The van der Waals surface area contributed by atoms with E-state index in [4.69, 9.17) is 0 Å². The van der Waals surface area contributed by atoms with Crippen molar-refractivity contribution in [2.45, 2.75) is 39.0 Å². The van der Waals surface area contributed by atoms with Crippen LogP contribution in [0.5, 0.6) is 0 Å². The Kier molecular flexibility index (Phi) is 6.21. The summed E-state index contributed by atoms with van der Waals surface area (Å²) in [6.07, 6.45) is 0. The molecule has 0 bridgehead atoms. The molecule has 0 amide bonds. The van der Waals surface area contributed by atoms with Crippen LogP contribution in [0.1, 0.15) is 27.7 Å². The Balaban J connectivity index is 1.62. The van der Waals surface area contributed by atoms with Crippen LogP contribution < -0.4 is 5.30 Å². The molecule has 0 atom stereocenters. The van der Waals surface area contributed by atoms with Crippen LogP contribution in [0.2, 0.25) is 0 Å². The minimum Gasteiger partial charge on any atom is -0.318 e. The van der Waals surface area contributed by atoms with Gasteiger partial charge in [-0.1, -0.05) is 137 Å². The summed E-state index contributed by atoms with van der Waals surface area (Å²) in [7, 11) is -2.49. The summed E-state index contributed by atoms with van der Waals surface area (Å²) < 4.78 is 14.0. The summed E-state index contributed by atoms with van der Waals surface area (Å²) in [5.41, 5.74) is 5.13. The lowest BCUT2D eigenvalue weighted by Crippen LogP contribution is -2.19. The summed E-state index contributed by atoms with van der Waals surface area (Å²) >= 11 is 0. The highest BCUT2D eigenvalue weighted by Gasteiger charge is 2.32. The first-order valence-corrected chi connectivity index (χ1v) is 15.4. The Bertz CT molecular complexity index is 1780.